The Morgan fingerprint density at radius 2 is 2.31 bits per heavy atom. The molecule has 16 heavy (non-hydrogen) atoms. The summed E-state index contributed by atoms with van der Waals surface area (Å²) in [5.74, 6) is 0.112. The molecule has 0 spiro atoms. The number of esters is 1. The van der Waals surface area contributed by atoms with Crippen LogP contribution in [0.1, 0.15) is 30.6 Å². The maximum absolute atomic E-state index is 11.5. The maximum atomic E-state index is 11.5. The summed E-state index contributed by atoms with van der Waals surface area (Å²) in [6.07, 6.45) is 2.56. The van der Waals surface area contributed by atoms with Crippen molar-refractivity contribution in [3.63, 3.8) is 0 Å². The zero-order valence-electron chi connectivity index (χ0n) is 9.65. The van der Waals surface area contributed by atoms with Crippen LogP contribution in [0.4, 0.5) is 5.82 Å². The van der Waals surface area contributed by atoms with Crippen molar-refractivity contribution in [3.8, 4) is 0 Å². The van der Waals surface area contributed by atoms with Crippen LogP contribution in [0.15, 0.2) is 12.3 Å². The lowest BCUT2D eigenvalue weighted by Crippen LogP contribution is -2.15. The predicted octanol–water partition coefficient (Wildman–Crippen LogP) is 1.47. The predicted molar refractivity (Wildman–Crippen MR) is 59.2 cm³/mol. The lowest BCUT2D eigenvalue weighted by Gasteiger charge is -2.09. The minimum Gasteiger partial charge on any atom is -0.465 e. The van der Waals surface area contributed by atoms with E-state index < -0.39 is 5.97 Å². The van der Waals surface area contributed by atoms with E-state index in [1.807, 2.05) is 0 Å². The quantitative estimate of drug-likeness (QED) is 0.783. The number of hydrogen-bond donors (Lipinski definition) is 1. The number of methoxy groups -OCH3 is 1. The molecule has 1 aromatic rings. The molecule has 1 heterocycles. The summed E-state index contributed by atoms with van der Waals surface area (Å²) in [6.45, 7) is 4.33. The molecular weight excluding hydrogens is 206 g/mol. The topological polar surface area (TPSA) is 64.1 Å². The molecular formula is C11H15N3O2. The van der Waals surface area contributed by atoms with E-state index in [0.29, 0.717) is 17.4 Å². The highest BCUT2D eigenvalue weighted by atomic mass is 16.5. The number of nitrogens with one attached hydrogen (secondary N) is 1. The second kappa shape index (κ2) is 3.73. The minimum absolute atomic E-state index is 0.269. The first-order chi connectivity index (χ1) is 7.54. The molecule has 0 amide bonds. The van der Waals surface area contributed by atoms with Gasteiger partial charge in [-0.3, -0.25) is 0 Å². The molecule has 86 valence electrons. The molecule has 5 nitrogen and oxygen atoms in total. The van der Waals surface area contributed by atoms with Gasteiger partial charge in [-0.15, -0.1) is 5.10 Å². The van der Waals surface area contributed by atoms with Crippen LogP contribution in [0.25, 0.3) is 0 Å². The van der Waals surface area contributed by atoms with Crippen molar-refractivity contribution in [1.29, 1.82) is 0 Å². The molecule has 2 rings (SSSR count). The van der Waals surface area contributed by atoms with E-state index in [1.165, 1.54) is 13.3 Å². The van der Waals surface area contributed by atoms with Gasteiger partial charge in [-0.05, 0) is 17.9 Å². The van der Waals surface area contributed by atoms with Crippen molar-refractivity contribution in [2.24, 2.45) is 5.41 Å². The fraction of sp³-hybridized carbons (Fsp3) is 0.545. The van der Waals surface area contributed by atoms with Gasteiger partial charge in [0.2, 0.25) is 0 Å². The van der Waals surface area contributed by atoms with Gasteiger partial charge < -0.3 is 10.1 Å². The highest BCUT2D eigenvalue weighted by Gasteiger charge is 2.46. The van der Waals surface area contributed by atoms with Gasteiger partial charge in [-0.1, -0.05) is 13.8 Å². The van der Waals surface area contributed by atoms with Crippen molar-refractivity contribution in [2.45, 2.75) is 26.3 Å². The van der Waals surface area contributed by atoms with Gasteiger partial charge in [-0.2, -0.15) is 5.10 Å². The van der Waals surface area contributed by atoms with Crippen LogP contribution in [0.2, 0.25) is 0 Å². The molecule has 0 aliphatic heterocycles. The van der Waals surface area contributed by atoms with Gasteiger partial charge in [0.05, 0.1) is 13.3 Å². The molecule has 5 heteroatoms. The Kier molecular flexibility index (Phi) is 2.53. The number of anilines is 1. The maximum Gasteiger partial charge on any atom is 0.341 e. The van der Waals surface area contributed by atoms with Crippen molar-refractivity contribution in [3.05, 3.63) is 17.8 Å². The Morgan fingerprint density at radius 1 is 1.62 bits per heavy atom. The monoisotopic (exact) mass is 221 g/mol. The summed E-state index contributed by atoms with van der Waals surface area (Å²) < 4.78 is 4.68. The Labute approximate surface area is 94.2 Å². The molecule has 1 unspecified atom stereocenters. The van der Waals surface area contributed by atoms with Crippen molar-refractivity contribution >= 4 is 11.8 Å². The third-order valence-corrected chi connectivity index (χ3v) is 2.95. The molecule has 1 aromatic heterocycles. The summed E-state index contributed by atoms with van der Waals surface area (Å²) in [5.41, 5.74) is 0.700. The van der Waals surface area contributed by atoms with Gasteiger partial charge in [0.1, 0.15) is 5.56 Å². The number of ether oxygens (including phenoxy) is 1. The summed E-state index contributed by atoms with van der Waals surface area (Å²) in [4.78, 5) is 11.5. The second-order valence-electron chi connectivity index (χ2n) is 4.67. The Hall–Kier alpha value is -1.65. The van der Waals surface area contributed by atoms with Crippen LogP contribution >= 0.6 is 0 Å². The first-order valence-electron chi connectivity index (χ1n) is 5.21. The minimum atomic E-state index is -0.393. The molecule has 1 fully saturated rings. The molecule has 1 N–H and O–H groups in total. The van der Waals surface area contributed by atoms with E-state index in [9.17, 15) is 4.79 Å². The average molecular weight is 221 g/mol. The van der Waals surface area contributed by atoms with Crippen LogP contribution in [-0.4, -0.2) is 29.3 Å². The fourth-order valence-corrected chi connectivity index (χ4v) is 1.59. The summed E-state index contributed by atoms with van der Waals surface area (Å²) in [5, 5.41) is 10.9. The van der Waals surface area contributed by atoms with Gasteiger partial charge in [0.15, 0.2) is 5.82 Å². The number of carbonyl (C=O) groups excluding carboxylic acids is 1. The fourth-order valence-electron chi connectivity index (χ4n) is 1.59. The standard InChI is InChI=1S/C11H15N3O2/c1-11(2)6-8(11)13-9-7(10(15)16-3)4-5-12-14-9/h4-5,8H,6H2,1-3H3,(H,13,14). The van der Waals surface area contributed by atoms with E-state index in [2.05, 4.69) is 34.1 Å². The smallest absolute Gasteiger partial charge is 0.341 e. The van der Waals surface area contributed by atoms with E-state index >= 15 is 0 Å². The van der Waals surface area contributed by atoms with Gasteiger partial charge in [-0.25, -0.2) is 4.79 Å². The largest absolute Gasteiger partial charge is 0.465 e. The molecule has 0 saturated heterocycles. The first kappa shape index (κ1) is 10.9. The van der Waals surface area contributed by atoms with Crippen LogP contribution in [0, 0.1) is 5.41 Å². The number of rotatable bonds is 3. The highest BCUT2D eigenvalue weighted by molar-refractivity contribution is 5.94. The zero-order chi connectivity index (χ0) is 11.8. The van der Waals surface area contributed by atoms with Crippen molar-refractivity contribution in [2.75, 3.05) is 12.4 Å². The zero-order valence-corrected chi connectivity index (χ0v) is 9.65. The number of hydrogen-bond acceptors (Lipinski definition) is 5. The van der Waals surface area contributed by atoms with Crippen LogP contribution in [0.5, 0.6) is 0 Å². The van der Waals surface area contributed by atoms with Gasteiger partial charge >= 0.3 is 5.97 Å². The van der Waals surface area contributed by atoms with Crippen LogP contribution in [0.3, 0.4) is 0 Å². The third-order valence-electron chi connectivity index (χ3n) is 2.95. The van der Waals surface area contributed by atoms with E-state index in [1.54, 1.807) is 6.07 Å². The van der Waals surface area contributed by atoms with Crippen molar-refractivity contribution < 1.29 is 9.53 Å². The normalized spacial score (nSPS) is 21.3. The Bertz CT molecular complexity index is 417. The number of aromatic nitrogens is 2. The Morgan fingerprint density at radius 3 is 2.88 bits per heavy atom. The van der Waals surface area contributed by atoms with E-state index in [-0.39, 0.29) is 5.41 Å². The van der Waals surface area contributed by atoms with Gasteiger partial charge in [0, 0.05) is 6.04 Å². The lowest BCUT2D eigenvalue weighted by molar-refractivity contribution is 0.0601. The second-order valence-corrected chi connectivity index (χ2v) is 4.67. The summed E-state index contributed by atoms with van der Waals surface area (Å²) in [7, 11) is 1.35. The van der Waals surface area contributed by atoms with E-state index in [0.717, 1.165) is 6.42 Å². The average Bonchev–Trinajstić information content (AvgIpc) is 2.86. The van der Waals surface area contributed by atoms with Gasteiger partial charge in [0.25, 0.3) is 0 Å². The molecule has 1 aliphatic rings. The summed E-state index contributed by atoms with van der Waals surface area (Å²) >= 11 is 0. The molecule has 0 bridgehead atoms. The van der Waals surface area contributed by atoms with E-state index in [4.69, 9.17) is 0 Å². The third kappa shape index (κ3) is 1.98. The van der Waals surface area contributed by atoms with Crippen LogP contribution in [-0.2, 0) is 4.74 Å². The van der Waals surface area contributed by atoms with Crippen LogP contribution < -0.4 is 5.32 Å². The molecule has 0 radical (unpaired) electrons. The molecule has 1 atom stereocenters. The van der Waals surface area contributed by atoms with Crippen molar-refractivity contribution in [1.82, 2.24) is 10.2 Å². The lowest BCUT2D eigenvalue weighted by atomic mass is 10.2. The highest BCUT2D eigenvalue weighted by Crippen LogP contribution is 2.46. The Balaban J connectivity index is 2.17. The molecule has 1 saturated carbocycles. The number of nitrogens with zero attached hydrogens (tertiary/aromatic N) is 2. The number of carbonyl (C=O) groups is 1. The molecule has 1 aliphatic carbocycles. The molecule has 0 aromatic carbocycles. The summed E-state index contributed by atoms with van der Waals surface area (Å²) in [6, 6.07) is 1.96. The first-order valence-corrected chi connectivity index (χ1v) is 5.21. The SMILES string of the molecule is COC(=O)c1ccnnc1NC1CC1(C)C.